The van der Waals surface area contributed by atoms with Gasteiger partial charge < -0.3 is 5.32 Å². The Labute approximate surface area is 129 Å². The summed E-state index contributed by atoms with van der Waals surface area (Å²) in [5, 5.41) is 12.5. The van der Waals surface area contributed by atoms with Crippen LogP contribution in [0.3, 0.4) is 0 Å². The first-order valence-electron chi connectivity index (χ1n) is 6.34. The highest BCUT2D eigenvalue weighted by Gasteiger charge is 2.16. The van der Waals surface area contributed by atoms with Crippen molar-refractivity contribution in [1.29, 1.82) is 0 Å². The predicted molar refractivity (Wildman–Crippen MR) is 83.8 cm³/mol. The average molecular weight is 311 g/mol. The van der Waals surface area contributed by atoms with Crippen LogP contribution in [0, 0.1) is 6.92 Å². The van der Waals surface area contributed by atoms with Crippen molar-refractivity contribution in [2.45, 2.75) is 13.3 Å². The van der Waals surface area contributed by atoms with E-state index in [1.54, 1.807) is 4.68 Å². The molecule has 0 aliphatic carbocycles. The molecule has 0 unspecified atom stereocenters. The summed E-state index contributed by atoms with van der Waals surface area (Å²) in [6.07, 6.45) is 3.17. The molecule has 0 saturated heterocycles. The molecule has 2 heterocycles. The first-order valence-corrected chi connectivity index (χ1v) is 6.72. The van der Waals surface area contributed by atoms with Crippen LogP contribution in [0.15, 0.2) is 30.3 Å². The molecular weight excluding hydrogens is 295 g/mol. The van der Waals surface area contributed by atoms with E-state index in [4.69, 9.17) is 11.6 Å². The molecule has 4 nitrogen and oxygen atoms in total. The van der Waals surface area contributed by atoms with Gasteiger partial charge in [0.15, 0.2) is 0 Å². The molecule has 0 radical (unpaired) electrons. The van der Waals surface area contributed by atoms with Gasteiger partial charge >= 0.3 is 0 Å². The molecule has 106 valence electrons. The van der Waals surface area contributed by atoms with Gasteiger partial charge in [0.05, 0.1) is 16.4 Å². The van der Waals surface area contributed by atoms with Gasteiger partial charge in [-0.05, 0) is 37.6 Å². The largest absolute Gasteiger partial charge is 0.313 e. The fourth-order valence-electron chi connectivity index (χ4n) is 2.32. The third-order valence-electron chi connectivity index (χ3n) is 3.34. The van der Waals surface area contributed by atoms with E-state index < -0.39 is 0 Å². The Balaban J connectivity index is 0.00000147. The lowest BCUT2D eigenvalue weighted by atomic mass is 10.0. The molecule has 0 amide bonds. The van der Waals surface area contributed by atoms with Gasteiger partial charge in [-0.25, -0.2) is 4.68 Å². The lowest BCUT2D eigenvalue weighted by molar-refractivity contribution is 0.736. The van der Waals surface area contributed by atoms with E-state index in [0.717, 1.165) is 36.6 Å². The Morgan fingerprint density at radius 3 is 2.80 bits per heavy atom. The molecule has 1 N–H and O–H groups in total. The van der Waals surface area contributed by atoms with E-state index in [-0.39, 0.29) is 12.4 Å². The minimum Gasteiger partial charge on any atom is -0.313 e. The Kier molecular flexibility index (Phi) is 4.81. The van der Waals surface area contributed by atoms with E-state index in [9.17, 15) is 0 Å². The molecule has 1 aromatic carbocycles. The number of nitrogens with one attached hydrogen (secondary N) is 1. The monoisotopic (exact) mass is 310 g/mol. The summed E-state index contributed by atoms with van der Waals surface area (Å²) in [5.74, 6) is 0. The maximum atomic E-state index is 6.21. The van der Waals surface area contributed by atoms with E-state index in [1.165, 1.54) is 5.57 Å². The number of rotatable bonds is 2. The summed E-state index contributed by atoms with van der Waals surface area (Å²) < 4.78 is 1.81. The van der Waals surface area contributed by atoms with Crippen molar-refractivity contribution in [2.75, 3.05) is 13.1 Å². The Morgan fingerprint density at radius 1 is 1.30 bits per heavy atom. The van der Waals surface area contributed by atoms with E-state index in [0.29, 0.717) is 5.02 Å². The van der Waals surface area contributed by atoms with Crippen molar-refractivity contribution in [1.82, 2.24) is 20.3 Å². The van der Waals surface area contributed by atoms with Gasteiger partial charge in [-0.1, -0.05) is 35.0 Å². The number of halogens is 2. The smallest absolute Gasteiger partial charge is 0.112 e. The minimum atomic E-state index is 0. The van der Waals surface area contributed by atoms with E-state index in [1.807, 2.05) is 31.2 Å². The molecule has 20 heavy (non-hydrogen) atoms. The molecular formula is C14H16Cl2N4. The second-order valence-corrected chi connectivity index (χ2v) is 4.98. The lowest BCUT2D eigenvalue weighted by Crippen LogP contribution is -2.20. The number of nitrogens with zero attached hydrogens (tertiary/aromatic N) is 3. The normalized spacial score (nSPS) is 14.6. The Hall–Kier alpha value is -1.36. The van der Waals surface area contributed by atoms with Crippen LogP contribution in [0.2, 0.25) is 5.02 Å². The zero-order valence-electron chi connectivity index (χ0n) is 11.1. The van der Waals surface area contributed by atoms with Gasteiger partial charge in [0, 0.05) is 6.54 Å². The lowest BCUT2D eigenvalue weighted by Gasteiger charge is -2.12. The third kappa shape index (κ3) is 2.73. The van der Waals surface area contributed by atoms with Gasteiger partial charge in [0.25, 0.3) is 0 Å². The molecule has 0 bridgehead atoms. The summed E-state index contributed by atoms with van der Waals surface area (Å²) >= 11 is 6.21. The second kappa shape index (κ2) is 6.39. The summed E-state index contributed by atoms with van der Waals surface area (Å²) in [5.41, 5.74) is 4.13. The van der Waals surface area contributed by atoms with Crippen molar-refractivity contribution >= 4 is 29.6 Å². The molecule has 0 atom stereocenters. The minimum absolute atomic E-state index is 0. The van der Waals surface area contributed by atoms with Gasteiger partial charge in [-0.15, -0.1) is 17.5 Å². The fourth-order valence-corrected chi connectivity index (χ4v) is 2.53. The first-order chi connectivity index (χ1) is 9.27. The summed E-state index contributed by atoms with van der Waals surface area (Å²) in [6, 6.07) is 7.67. The molecule has 3 rings (SSSR count). The van der Waals surface area contributed by atoms with Crippen LogP contribution in [0.1, 0.15) is 17.8 Å². The predicted octanol–water partition coefficient (Wildman–Crippen LogP) is 3.03. The summed E-state index contributed by atoms with van der Waals surface area (Å²) in [7, 11) is 0. The van der Waals surface area contributed by atoms with Crippen LogP contribution in [0.5, 0.6) is 0 Å². The fraction of sp³-hybridized carbons (Fsp3) is 0.286. The summed E-state index contributed by atoms with van der Waals surface area (Å²) in [4.78, 5) is 0. The van der Waals surface area contributed by atoms with Crippen LogP contribution in [0.25, 0.3) is 11.3 Å². The van der Waals surface area contributed by atoms with Crippen molar-refractivity contribution in [2.24, 2.45) is 0 Å². The quantitative estimate of drug-likeness (QED) is 0.927. The van der Waals surface area contributed by atoms with E-state index in [2.05, 4.69) is 21.7 Å². The maximum Gasteiger partial charge on any atom is 0.112 e. The van der Waals surface area contributed by atoms with Gasteiger partial charge in [-0.2, -0.15) is 0 Å². The van der Waals surface area contributed by atoms with Crippen molar-refractivity contribution in [3.8, 4) is 5.69 Å². The number of hydrogen-bond acceptors (Lipinski definition) is 3. The highest BCUT2D eigenvalue weighted by atomic mass is 35.5. The van der Waals surface area contributed by atoms with Crippen LogP contribution in [-0.4, -0.2) is 28.1 Å². The molecule has 1 aliphatic rings. The number of aromatic nitrogens is 3. The topological polar surface area (TPSA) is 42.7 Å². The molecule has 1 aliphatic heterocycles. The van der Waals surface area contributed by atoms with Gasteiger partial charge in [0.1, 0.15) is 5.69 Å². The van der Waals surface area contributed by atoms with Crippen molar-refractivity contribution < 1.29 is 0 Å². The van der Waals surface area contributed by atoms with Crippen LogP contribution < -0.4 is 5.32 Å². The van der Waals surface area contributed by atoms with Crippen LogP contribution in [0.4, 0.5) is 0 Å². The standard InChI is InChI=1S/C14H15ClN4.ClH/c1-10-14(11-6-8-16-9-7-11)17-18-19(10)13-5-3-2-4-12(13)15;/h2-6,16H,7-9H2,1H3;1H. The Morgan fingerprint density at radius 2 is 2.10 bits per heavy atom. The number of benzene rings is 1. The van der Waals surface area contributed by atoms with Crippen molar-refractivity contribution in [3.05, 3.63) is 46.8 Å². The summed E-state index contributed by atoms with van der Waals surface area (Å²) in [6.45, 7) is 3.92. The van der Waals surface area contributed by atoms with Gasteiger partial charge in [0.2, 0.25) is 0 Å². The SMILES string of the molecule is Cc1c(C2=CCNCC2)nnn1-c1ccccc1Cl.Cl. The Bertz CT molecular complexity index is 634. The van der Waals surface area contributed by atoms with Crippen LogP contribution in [-0.2, 0) is 0 Å². The van der Waals surface area contributed by atoms with Crippen LogP contribution >= 0.6 is 24.0 Å². The maximum absolute atomic E-state index is 6.21. The molecule has 0 saturated carbocycles. The first kappa shape index (κ1) is 15.0. The molecule has 2 aromatic rings. The second-order valence-electron chi connectivity index (χ2n) is 4.57. The number of para-hydroxylation sites is 1. The third-order valence-corrected chi connectivity index (χ3v) is 3.66. The van der Waals surface area contributed by atoms with Gasteiger partial charge in [-0.3, -0.25) is 0 Å². The molecule has 0 fully saturated rings. The highest BCUT2D eigenvalue weighted by molar-refractivity contribution is 6.32. The zero-order valence-corrected chi connectivity index (χ0v) is 12.7. The molecule has 1 aromatic heterocycles. The molecule has 0 spiro atoms. The van der Waals surface area contributed by atoms with Crippen molar-refractivity contribution in [3.63, 3.8) is 0 Å². The number of hydrogen-bond donors (Lipinski definition) is 1. The zero-order chi connectivity index (χ0) is 13.2. The highest BCUT2D eigenvalue weighted by Crippen LogP contribution is 2.25. The average Bonchev–Trinajstić information content (AvgIpc) is 2.82. The molecule has 6 heteroatoms. The van der Waals surface area contributed by atoms with E-state index >= 15 is 0 Å².